The number of nitrogens with one attached hydrogen (secondary N) is 4. The third kappa shape index (κ3) is 6.90. The third-order valence-electron chi connectivity index (χ3n) is 6.24. The molecule has 0 bridgehead atoms. The number of anilines is 2. The molecule has 5 aromatic rings. The number of H-pyrrole nitrogens is 2. The molecule has 0 spiro atoms. The summed E-state index contributed by atoms with van der Waals surface area (Å²) in [4.78, 5) is 0.925. The van der Waals surface area contributed by atoms with Gasteiger partial charge in [0.2, 0.25) is 0 Å². The van der Waals surface area contributed by atoms with E-state index in [4.69, 9.17) is 33.9 Å². The first-order valence-corrected chi connectivity index (χ1v) is 13.4. The van der Waals surface area contributed by atoms with Gasteiger partial charge in [0.05, 0.1) is 25.6 Å². The maximum atomic E-state index is 5.68. The second-order valence-corrected chi connectivity index (χ2v) is 10.1. The van der Waals surface area contributed by atoms with Crippen molar-refractivity contribution in [2.75, 3.05) is 24.9 Å². The largest absolute Gasteiger partial charge is 0.497 e. The van der Waals surface area contributed by atoms with Gasteiger partial charge in [0.15, 0.2) is 10.9 Å². The minimum atomic E-state index is 0.447. The van der Waals surface area contributed by atoms with Crippen molar-refractivity contribution >= 4 is 45.9 Å². The summed E-state index contributed by atoms with van der Waals surface area (Å²) in [5.74, 6) is 2.24. The first-order valence-electron chi connectivity index (χ1n) is 12.6. The number of ether oxygens (including phenoxy) is 2. The van der Waals surface area contributed by atoms with Gasteiger partial charge in [0, 0.05) is 40.7 Å². The molecule has 0 radical (unpaired) electrons. The lowest BCUT2D eigenvalue weighted by Gasteiger charge is -2.09. The van der Waals surface area contributed by atoms with Gasteiger partial charge in [0.25, 0.3) is 0 Å². The van der Waals surface area contributed by atoms with Gasteiger partial charge < -0.3 is 20.1 Å². The Bertz CT molecular complexity index is 1470. The van der Waals surface area contributed by atoms with E-state index in [2.05, 4.69) is 31.0 Å². The molecule has 10 heteroatoms. The summed E-state index contributed by atoms with van der Waals surface area (Å²) >= 11 is 11.1. The van der Waals surface area contributed by atoms with E-state index in [1.165, 1.54) is 0 Å². The second kappa shape index (κ2) is 12.5. The van der Waals surface area contributed by atoms with Gasteiger partial charge in [0.1, 0.15) is 11.5 Å². The molecule has 5 rings (SSSR count). The van der Waals surface area contributed by atoms with Crippen LogP contribution in [0, 0.1) is 0 Å². The molecule has 40 heavy (non-hydrogen) atoms. The van der Waals surface area contributed by atoms with Gasteiger partial charge in [-0.15, -0.1) is 0 Å². The number of rotatable bonds is 10. The van der Waals surface area contributed by atoms with Crippen LogP contribution in [-0.4, -0.2) is 44.6 Å². The van der Waals surface area contributed by atoms with Crippen molar-refractivity contribution < 1.29 is 9.47 Å². The minimum Gasteiger partial charge on any atom is -0.497 e. The van der Waals surface area contributed by atoms with E-state index in [0.717, 1.165) is 55.8 Å². The smallest absolute Gasteiger partial charge is 0.176 e. The Morgan fingerprint density at radius 3 is 2.02 bits per heavy atom. The number of thiocarbonyl (C=S) groups is 2. The highest BCUT2D eigenvalue weighted by molar-refractivity contribution is 7.80. The molecule has 0 fully saturated rings. The molecule has 8 nitrogen and oxygen atoms in total. The fraction of sp³-hybridized carbons (Fsp3) is 0.133. The monoisotopic (exact) mass is 568 g/mol. The molecule has 0 aliphatic heterocycles. The van der Waals surface area contributed by atoms with Crippen molar-refractivity contribution in [2.45, 2.75) is 12.8 Å². The molecule has 3 aromatic carbocycles. The molecule has 2 heterocycles. The topological polar surface area (TPSA) is 99.9 Å². The van der Waals surface area contributed by atoms with E-state index in [9.17, 15) is 0 Å². The molecule has 0 aliphatic carbocycles. The van der Waals surface area contributed by atoms with E-state index in [1.54, 1.807) is 14.2 Å². The van der Waals surface area contributed by atoms with Crippen LogP contribution >= 0.6 is 24.4 Å². The predicted molar refractivity (Wildman–Crippen MR) is 167 cm³/mol. The Hall–Kier alpha value is -4.54. The maximum Gasteiger partial charge on any atom is 0.176 e. The van der Waals surface area contributed by atoms with Crippen LogP contribution in [0.5, 0.6) is 11.5 Å². The highest BCUT2D eigenvalue weighted by Gasteiger charge is 2.09. The lowest BCUT2D eigenvalue weighted by molar-refractivity contribution is 0.415. The quantitative estimate of drug-likeness (QED) is 0.143. The molecule has 4 N–H and O–H groups in total. The van der Waals surface area contributed by atoms with Gasteiger partial charge in [-0.05, 0) is 90.1 Å². The van der Waals surface area contributed by atoms with Crippen LogP contribution in [0.25, 0.3) is 22.5 Å². The Balaban J connectivity index is 1.11. The summed E-state index contributed by atoms with van der Waals surface area (Å²) in [6, 6.07) is 27.6. The zero-order chi connectivity index (χ0) is 27.9. The molecule has 2 aromatic heterocycles. The number of nitrogens with zero attached hydrogens (tertiary/aromatic N) is 2. The second-order valence-electron chi connectivity index (χ2n) is 9.07. The first-order chi connectivity index (χ1) is 19.5. The van der Waals surface area contributed by atoms with Crippen LogP contribution < -0.4 is 20.1 Å². The van der Waals surface area contributed by atoms with Gasteiger partial charge in [-0.3, -0.25) is 10.2 Å². The summed E-state index contributed by atoms with van der Waals surface area (Å²) < 4.78 is 10.4. The molecule has 0 aliphatic rings. The molecule has 202 valence electrons. The highest BCUT2D eigenvalue weighted by atomic mass is 32.1. The average Bonchev–Trinajstić information content (AvgIpc) is 3.64. The maximum absolute atomic E-state index is 5.68. The van der Waals surface area contributed by atoms with Crippen molar-refractivity contribution in [1.82, 2.24) is 20.4 Å². The number of hydrogen-bond donors (Lipinski definition) is 4. The average molecular weight is 569 g/mol. The van der Waals surface area contributed by atoms with Crippen molar-refractivity contribution in [3.8, 4) is 34.0 Å². The lowest BCUT2D eigenvalue weighted by Crippen LogP contribution is -2.19. The van der Waals surface area contributed by atoms with Crippen LogP contribution in [-0.2, 0) is 12.8 Å². The molecular weight excluding hydrogens is 541 g/mol. The Morgan fingerprint density at radius 2 is 1.38 bits per heavy atom. The summed E-state index contributed by atoms with van der Waals surface area (Å²) in [5.41, 5.74) is 6.76. The SMILES string of the molecule is COc1ccc(-c2cc(CC(=S)Cc3ccc(NC(=S)Nc4cc(-c5ccc(OC)cc5)[nH]n4)cc3)[nH]n2)cc1. The molecule has 0 atom stereocenters. The fourth-order valence-electron chi connectivity index (χ4n) is 4.15. The van der Waals surface area contributed by atoms with Crippen LogP contribution in [0.4, 0.5) is 11.5 Å². The lowest BCUT2D eigenvalue weighted by atomic mass is 10.1. The van der Waals surface area contributed by atoms with E-state index >= 15 is 0 Å². The van der Waals surface area contributed by atoms with E-state index in [1.807, 2.05) is 84.9 Å². The number of methoxy groups -OCH3 is 2. The van der Waals surface area contributed by atoms with Crippen LogP contribution in [0.2, 0.25) is 0 Å². The molecule has 0 amide bonds. The molecule has 0 saturated heterocycles. The number of aromatic nitrogens is 4. The number of hydrogen-bond acceptors (Lipinski definition) is 6. The summed E-state index contributed by atoms with van der Waals surface area (Å²) in [6.07, 6.45) is 1.34. The standard InChI is InChI=1S/C30H28N6O2S2/c1-37-24-11-5-20(6-12-24)27-17-23(33-34-27)16-26(39)15-19-3-9-22(10-4-19)31-30(40)32-29-18-28(35-36-29)21-7-13-25(38-2)14-8-21/h3-14,17-18H,15-16H2,1-2H3,(H,33,34)(H3,31,32,35,36,40). The highest BCUT2D eigenvalue weighted by Crippen LogP contribution is 2.23. The third-order valence-corrected chi connectivity index (χ3v) is 6.73. The number of benzene rings is 3. The van der Waals surface area contributed by atoms with Gasteiger partial charge in [-0.1, -0.05) is 24.4 Å². The van der Waals surface area contributed by atoms with Crippen molar-refractivity contribution in [3.05, 3.63) is 96.2 Å². The predicted octanol–water partition coefficient (Wildman–Crippen LogP) is 6.45. The van der Waals surface area contributed by atoms with E-state index in [0.29, 0.717) is 23.8 Å². The molecular formula is C30H28N6O2S2. The zero-order valence-corrected chi connectivity index (χ0v) is 23.7. The van der Waals surface area contributed by atoms with E-state index < -0.39 is 0 Å². The van der Waals surface area contributed by atoms with Gasteiger partial charge >= 0.3 is 0 Å². The van der Waals surface area contributed by atoms with Crippen molar-refractivity contribution in [1.29, 1.82) is 0 Å². The van der Waals surface area contributed by atoms with Crippen LogP contribution in [0.15, 0.2) is 84.9 Å². The Kier molecular flexibility index (Phi) is 8.48. The van der Waals surface area contributed by atoms with Gasteiger partial charge in [-0.25, -0.2) is 0 Å². The van der Waals surface area contributed by atoms with Crippen LogP contribution in [0.1, 0.15) is 11.3 Å². The van der Waals surface area contributed by atoms with Gasteiger partial charge in [-0.2, -0.15) is 10.2 Å². The van der Waals surface area contributed by atoms with Crippen molar-refractivity contribution in [2.24, 2.45) is 0 Å². The first kappa shape index (κ1) is 27.0. The zero-order valence-electron chi connectivity index (χ0n) is 22.0. The molecule has 0 unspecified atom stereocenters. The number of aromatic amines is 2. The molecule has 0 saturated carbocycles. The normalized spacial score (nSPS) is 10.7. The Morgan fingerprint density at radius 1 is 0.725 bits per heavy atom. The Labute approximate surface area is 243 Å². The van der Waals surface area contributed by atoms with E-state index in [-0.39, 0.29) is 0 Å². The summed E-state index contributed by atoms with van der Waals surface area (Å²) in [6.45, 7) is 0. The summed E-state index contributed by atoms with van der Waals surface area (Å²) in [7, 11) is 3.30. The summed E-state index contributed by atoms with van der Waals surface area (Å²) in [5, 5.41) is 21.6. The van der Waals surface area contributed by atoms with Crippen molar-refractivity contribution in [3.63, 3.8) is 0 Å². The fourth-order valence-corrected chi connectivity index (χ4v) is 4.70. The van der Waals surface area contributed by atoms with Crippen LogP contribution in [0.3, 0.4) is 0 Å². The minimum absolute atomic E-state index is 0.447.